The van der Waals surface area contributed by atoms with Gasteiger partial charge in [0.25, 0.3) is 0 Å². The zero-order valence-electron chi connectivity index (χ0n) is 17.7. The van der Waals surface area contributed by atoms with Crippen LogP contribution in [0.1, 0.15) is 63.2 Å². The smallest absolute Gasteiger partial charge is 0.338 e. The quantitative estimate of drug-likeness (QED) is 0.479. The number of esters is 1. The molecule has 0 saturated heterocycles. The van der Waals surface area contributed by atoms with Gasteiger partial charge in [0, 0.05) is 24.3 Å². The van der Waals surface area contributed by atoms with Crippen LogP contribution in [-0.4, -0.2) is 54.9 Å². The van der Waals surface area contributed by atoms with Gasteiger partial charge >= 0.3 is 5.97 Å². The summed E-state index contributed by atoms with van der Waals surface area (Å²) < 4.78 is 31.4. The molecule has 0 saturated carbocycles. The highest BCUT2D eigenvalue weighted by Crippen LogP contribution is 2.20. The zero-order valence-corrected chi connectivity index (χ0v) is 18.6. The Balaban J connectivity index is 2.10. The zero-order chi connectivity index (χ0) is 22.6. The molecule has 1 heterocycles. The fraction of sp³-hybridized carbons (Fsp3) is 0.381. The van der Waals surface area contributed by atoms with Gasteiger partial charge in [0.1, 0.15) is 0 Å². The van der Waals surface area contributed by atoms with Crippen molar-refractivity contribution in [3.63, 3.8) is 0 Å². The molecule has 0 radical (unpaired) electrons. The molecule has 0 aliphatic heterocycles. The molecule has 0 amide bonds. The highest BCUT2D eigenvalue weighted by Gasteiger charge is 2.23. The van der Waals surface area contributed by atoms with Crippen molar-refractivity contribution in [2.75, 3.05) is 19.7 Å². The van der Waals surface area contributed by atoms with Crippen molar-refractivity contribution in [1.82, 2.24) is 9.29 Å². The van der Waals surface area contributed by atoms with Crippen LogP contribution in [0.25, 0.3) is 0 Å². The SMILES string of the molecule is CCN(CC)S(=O)(=O)c1ccc(C(=O)OCC(=O)c2[nH]c(C)c(C(C)=O)c2C)cc1. The van der Waals surface area contributed by atoms with E-state index in [1.54, 1.807) is 27.7 Å². The Hall–Kier alpha value is -2.78. The van der Waals surface area contributed by atoms with E-state index in [1.165, 1.54) is 35.5 Å². The largest absolute Gasteiger partial charge is 0.454 e. The molecule has 0 fully saturated rings. The number of hydrogen-bond acceptors (Lipinski definition) is 6. The number of rotatable bonds is 9. The minimum Gasteiger partial charge on any atom is -0.454 e. The molecule has 1 aromatic carbocycles. The van der Waals surface area contributed by atoms with Crippen LogP contribution < -0.4 is 0 Å². The topological polar surface area (TPSA) is 114 Å². The van der Waals surface area contributed by atoms with Gasteiger partial charge in [0.05, 0.1) is 16.2 Å². The molecule has 2 aromatic rings. The van der Waals surface area contributed by atoms with E-state index in [9.17, 15) is 22.8 Å². The molecule has 0 atom stereocenters. The number of nitrogens with zero attached hydrogens (tertiary/aromatic N) is 1. The van der Waals surface area contributed by atoms with E-state index in [0.29, 0.717) is 29.9 Å². The molecule has 30 heavy (non-hydrogen) atoms. The summed E-state index contributed by atoms with van der Waals surface area (Å²) in [6.07, 6.45) is 0. The van der Waals surface area contributed by atoms with Crippen LogP contribution >= 0.6 is 0 Å². The molecular formula is C21H26N2O6S. The highest BCUT2D eigenvalue weighted by atomic mass is 32.2. The number of aromatic nitrogens is 1. The van der Waals surface area contributed by atoms with Crippen molar-refractivity contribution in [3.8, 4) is 0 Å². The van der Waals surface area contributed by atoms with Gasteiger partial charge in [-0.25, -0.2) is 13.2 Å². The van der Waals surface area contributed by atoms with Gasteiger partial charge in [-0.2, -0.15) is 4.31 Å². The summed E-state index contributed by atoms with van der Waals surface area (Å²) in [5, 5.41) is 0. The van der Waals surface area contributed by atoms with Crippen molar-refractivity contribution in [2.24, 2.45) is 0 Å². The van der Waals surface area contributed by atoms with Gasteiger partial charge in [0.2, 0.25) is 15.8 Å². The predicted octanol–water partition coefficient (Wildman–Crippen LogP) is 2.90. The number of carbonyl (C=O) groups is 3. The van der Waals surface area contributed by atoms with Crippen LogP contribution in [0.5, 0.6) is 0 Å². The molecule has 8 nitrogen and oxygen atoms in total. The summed E-state index contributed by atoms with van der Waals surface area (Å²) in [6, 6.07) is 5.37. The van der Waals surface area contributed by atoms with E-state index >= 15 is 0 Å². The highest BCUT2D eigenvalue weighted by molar-refractivity contribution is 7.89. The number of hydrogen-bond donors (Lipinski definition) is 1. The standard InChI is InChI=1S/C21H26N2O6S/c1-6-23(7-2)30(27,28)17-10-8-16(9-11-17)21(26)29-12-18(25)20-13(3)19(15(5)24)14(4)22-20/h8-11,22H,6-7,12H2,1-5H3. The molecule has 0 aliphatic carbocycles. The first kappa shape index (κ1) is 23.5. The van der Waals surface area contributed by atoms with Crippen molar-refractivity contribution in [2.45, 2.75) is 39.5 Å². The van der Waals surface area contributed by atoms with Crippen LogP contribution in [0, 0.1) is 13.8 Å². The van der Waals surface area contributed by atoms with Crippen molar-refractivity contribution < 1.29 is 27.5 Å². The molecule has 1 aromatic heterocycles. The lowest BCUT2D eigenvalue weighted by molar-refractivity contribution is 0.0473. The fourth-order valence-electron chi connectivity index (χ4n) is 3.32. The van der Waals surface area contributed by atoms with Crippen LogP contribution in [-0.2, 0) is 14.8 Å². The normalized spacial score (nSPS) is 11.5. The van der Waals surface area contributed by atoms with Crippen molar-refractivity contribution >= 4 is 27.6 Å². The molecular weight excluding hydrogens is 408 g/mol. The van der Waals surface area contributed by atoms with Gasteiger partial charge in [0.15, 0.2) is 12.4 Å². The van der Waals surface area contributed by atoms with Crippen LogP contribution in [0.15, 0.2) is 29.2 Å². The molecule has 0 bridgehead atoms. The number of H-pyrrole nitrogens is 1. The van der Waals surface area contributed by atoms with Crippen molar-refractivity contribution in [3.05, 3.63) is 52.3 Å². The third-order valence-corrected chi connectivity index (χ3v) is 6.90. The van der Waals surface area contributed by atoms with E-state index < -0.39 is 28.4 Å². The Morgan fingerprint density at radius 1 is 1.03 bits per heavy atom. The van der Waals surface area contributed by atoms with Gasteiger partial charge in [-0.3, -0.25) is 9.59 Å². The molecule has 9 heteroatoms. The molecule has 0 unspecified atom stereocenters. The number of carbonyl (C=O) groups excluding carboxylic acids is 3. The predicted molar refractivity (Wildman–Crippen MR) is 111 cm³/mol. The number of aromatic amines is 1. The number of Topliss-reactive ketones (excluding diaryl/α,β-unsaturated/α-hetero) is 2. The second-order valence-corrected chi connectivity index (χ2v) is 8.73. The lowest BCUT2D eigenvalue weighted by atomic mass is 10.1. The summed E-state index contributed by atoms with van der Waals surface area (Å²) >= 11 is 0. The average Bonchev–Trinajstić information content (AvgIpc) is 3.01. The van der Waals surface area contributed by atoms with E-state index in [2.05, 4.69) is 4.98 Å². The van der Waals surface area contributed by atoms with Crippen LogP contribution in [0.3, 0.4) is 0 Å². The third kappa shape index (κ3) is 4.68. The van der Waals surface area contributed by atoms with E-state index in [4.69, 9.17) is 4.74 Å². The number of aryl methyl sites for hydroxylation is 1. The summed E-state index contributed by atoms with van der Waals surface area (Å²) in [6.45, 7) is 8.44. The Labute approximate surface area is 176 Å². The van der Waals surface area contributed by atoms with Gasteiger partial charge < -0.3 is 9.72 Å². The first-order valence-electron chi connectivity index (χ1n) is 9.55. The minimum atomic E-state index is -3.62. The first-order valence-corrected chi connectivity index (χ1v) is 11.0. The Bertz CT molecular complexity index is 1060. The Morgan fingerprint density at radius 2 is 1.60 bits per heavy atom. The van der Waals surface area contributed by atoms with E-state index in [-0.39, 0.29) is 21.9 Å². The second-order valence-electron chi connectivity index (χ2n) is 6.79. The number of nitrogens with one attached hydrogen (secondary N) is 1. The monoisotopic (exact) mass is 434 g/mol. The number of sulfonamides is 1. The molecule has 162 valence electrons. The van der Waals surface area contributed by atoms with E-state index in [1.807, 2.05) is 0 Å². The maximum Gasteiger partial charge on any atom is 0.338 e. The van der Waals surface area contributed by atoms with E-state index in [0.717, 1.165) is 0 Å². The van der Waals surface area contributed by atoms with Crippen molar-refractivity contribution in [1.29, 1.82) is 0 Å². The molecule has 1 N–H and O–H groups in total. The van der Waals surface area contributed by atoms with Gasteiger partial charge in [-0.05, 0) is 50.6 Å². The summed E-state index contributed by atoms with van der Waals surface area (Å²) in [5.41, 5.74) is 1.91. The maximum absolute atomic E-state index is 12.5. The van der Waals surface area contributed by atoms with Gasteiger partial charge in [-0.15, -0.1) is 0 Å². The third-order valence-electron chi connectivity index (χ3n) is 4.84. The summed E-state index contributed by atoms with van der Waals surface area (Å²) in [7, 11) is -3.62. The summed E-state index contributed by atoms with van der Waals surface area (Å²) in [4.78, 5) is 39.3. The first-order chi connectivity index (χ1) is 14.0. The maximum atomic E-state index is 12.5. The lowest BCUT2D eigenvalue weighted by Gasteiger charge is -2.18. The second kappa shape index (κ2) is 9.36. The summed E-state index contributed by atoms with van der Waals surface area (Å²) in [5.74, 6) is -1.36. The number of benzene rings is 1. The molecule has 2 rings (SSSR count). The van der Waals surface area contributed by atoms with Crippen LogP contribution in [0.2, 0.25) is 0 Å². The molecule has 0 spiro atoms. The van der Waals surface area contributed by atoms with Crippen LogP contribution in [0.4, 0.5) is 0 Å². The van der Waals surface area contributed by atoms with Gasteiger partial charge in [-0.1, -0.05) is 13.8 Å². The minimum absolute atomic E-state index is 0.0769. The fourth-order valence-corrected chi connectivity index (χ4v) is 4.78. The lowest BCUT2D eigenvalue weighted by Crippen LogP contribution is -2.30. The number of ether oxygens (including phenoxy) is 1. The number of ketones is 2. The Morgan fingerprint density at radius 3 is 2.07 bits per heavy atom. The molecule has 0 aliphatic rings. The Kier molecular flexibility index (Phi) is 7.33. The average molecular weight is 435 g/mol.